The van der Waals surface area contributed by atoms with Crippen molar-refractivity contribution < 1.29 is 9.59 Å². The Kier molecular flexibility index (Phi) is 6.91. The molecular weight excluding hydrogens is 330 g/mol. The van der Waals surface area contributed by atoms with Crippen molar-refractivity contribution in [2.45, 2.75) is 19.4 Å². The number of carbonyl (C=O) groups excluding carboxylic acids is 2. The summed E-state index contributed by atoms with van der Waals surface area (Å²) in [7, 11) is 5.53. The van der Waals surface area contributed by atoms with Crippen LogP contribution in [-0.2, 0) is 0 Å². The maximum atomic E-state index is 12.7. The molecule has 1 atom stereocenters. The van der Waals surface area contributed by atoms with Crippen LogP contribution in [0.3, 0.4) is 0 Å². The number of nitrogens with one attached hydrogen (secondary N) is 2. The van der Waals surface area contributed by atoms with Gasteiger partial charge >= 0.3 is 0 Å². The van der Waals surface area contributed by atoms with Crippen molar-refractivity contribution in [1.82, 2.24) is 25.3 Å². The second-order valence-corrected chi connectivity index (χ2v) is 6.44. The van der Waals surface area contributed by atoms with E-state index in [4.69, 9.17) is 0 Å². The van der Waals surface area contributed by atoms with Crippen molar-refractivity contribution in [2.75, 3.05) is 34.2 Å². The first-order valence-electron chi connectivity index (χ1n) is 8.73. The molecule has 26 heavy (non-hydrogen) atoms. The maximum absolute atomic E-state index is 12.7. The Morgan fingerprint density at radius 3 is 2.50 bits per heavy atom. The zero-order chi connectivity index (χ0) is 19.1. The van der Waals surface area contributed by atoms with E-state index in [0.29, 0.717) is 12.2 Å². The summed E-state index contributed by atoms with van der Waals surface area (Å²) in [4.78, 5) is 26.7. The molecule has 1 aromatic heterocycles. The van der Waals surface area contributed by atoms with Crippen LogP contribution in [0.5, 0.6) is 0 Å². The predicted molar refractivity (Wildman–Crippen MR) is 101 cm³/mol. The van der Waals surface area contributed by atoms with Crippen LogP contribution in [0.4, 0.5) is 0 Å². The molecule has 7 nitrogen and oxygen atoms in total. The summed E-state index contributed by atoms with van der Waals surface area (Å²) in [5, 5.41) is 9.84. The summed E-state index contributed by atoms with van der Waals surface area (Å²) in [6.07, 6.45) is 0.851. The van der Waals surface area contributed by atoms with Gasteiger partial charge in [-0.3, -0.25) is 14.3 Å². The normalized spacial score (nSPS) is 12.0. The fourth-order valence-electron chi connectivity index (χ4n) is 2.66. The highest BCUT2D eigenvalue weighted by Gasteiger charge is 2.22. The maximum Gasteiger partial charge on any atom is 0.271 e. The first kappa shape index (κ1) is 19.7. The largest absolute Gasteiger partial charge is 0.354 e. The van der Waals surface area contributed by atoms with Crippen molar-refractivity contribution in [3.8, 4) is 0 Å². The van der Waals surface area contributed by atoms with Crippen molar-refractivity contribution in [3.63, 3.8) is 0 Å². The standard InChI is InChI=1S/C19H27N5O2/c1-14(15-9-6-5-7-10-15)24-17(13-16(22-24)18(25)20-2)19(26)21-11-8-12-23(3)4/h5-7,9-10,13-14H,8,11-12H2,1-4H3,(H,20,25)(H,21,26)/t14-/m0/s1. The smallest absolute Gasteiger partial charge is 0.271 e. The highest BCUT2D eigenvalue weighted by atomic mass is 16.2. The molecule has 1 aromatic carbocycles. The van der Waals surface area contributed by atoms with Gasteiger partial charge in [-0.1, -0.05) is 30.3 Å². The molecule has 2 aromatic rings. The summed E-state index contributed by atoms with van der Waals surface area (Å²) in [6.45, 7) is 3.42. The van der Waals surface area contributed by atoms with Gasteiger partial charge in [0.05, 0.1) is 6.04 Å². The van der Waals surface area contributed by atoms with Gasteiger partial charge in [-0.2, -0.15) is 5.10 Å². The number of benzene rings is 1. The van der Waals surface area contributed by atoms with Gasteiger partial charge in [0.1, 0.15) is 5.69 Å². The number of hydrogen-bond donors (Lipinski definition) is 2. The van der Waals surface area contributed by atoms with Crippen LogP contribution in [0.25, 0.3) is 0 Å². The van der Waals surface area contributed by atoms with E-state index in [2.05, 4.69) is 20.6 Å². The fraction of sp³-hybridized carbons (Fsp3) is 0.421. The van der Waals surface area contributed by atoms with E-state index in [9.17, 15) is 9.59 Å². The van der Waals surface area contributed by atoms with Crippen LogP contribution >= 0.6 is 0 Å². The molecule has 0 radical (unpaired) electrons. The molecule has 2 N–H and O–H groups in total. The van der Waals surface area contributed by atoms with Gasteiger partial charge in [0.25, 0.3) is 11.8 Å². The average molecular weight is 357 g/mol. The number of amides is 2. The summed E-state index contributed by atoms with van der Waals surface area (Å²) in [6, 6.07) is 11.1. The monoisotopic (exact) mass is 357 g/mol. The Labute approximate surface area is 154 Å². The lowest BCUT2D eigenvalue weighted by molar-refractivity contribution is 0.0937. The van der Waals surface area contributed by atoms with Crippen molar-refractivity contribution in [3.05, 3.63) is 53.3 Å². The van der Waals surface area contributed by atoms with Crippen LogP contribution in [0.1, 0.15) is 45.9 Å². The van der Waals surface area contributed by atoms with E-state index in [1.807, 2.05) is 51.4 Å². The van der Waals surface area contributed by atoms with Gasteiger partial charge < -0.3 is 15.5 Å². The summed E-state index contributed by atoms with van der Waals surface area (Å²) in [5.74, 6) is -0.542. The Morgan fingerprint density at radius 1 is 1.19 bits per heavy atom. The molecule has 2 amide bonds. The fourth-order valence-corrected chi connectivity index (χ4v) is 2.66. The van der Waals surface area contributed by atoms with E-state index < -0.39 is 0 Å². The van der Waals surface area contributed by atoms with E-state index in [0.717, 1.165) is 18.5 Å². The SMILES string of the molecule is CNC(=O)c1cc(C(=O)NCCCN(C)C)n([C@@H](C)c2ccccc2)n1. The third-order valence-corrected chi connectivity index (χ3v) is 4.14. The van der Waals surface area contributed by atoms with Crippen LogP contribution in [0.2, 0.25) is 0 Å². The van der Waals surface area contributed by atoms with Gasteiger partial charge in [0, 0.05) is 19.7 Å². The summed E-state index contributed by atoms with van der Waals surface area (Å²) in [5.41, 5.74) is 1.62. The lowest BCUT2D eigenvalue weighted by atomic mass is 10.1. The molecule has 0 bridgehead atoms. The second-order valence-electron chi connectivity index (χ2n) is 6.44. The molecular formula is C19H27N5O2. The minimum Gasteiger partial charge on any atom is -0.354 e. The van der Waals surface area contributed by atoms with Gasteiger partial charge in [-0.25, -0.2) is 0 Å². The van der Waals surface area contributed by atoms with Crippen LogP contribution in [0, 0.1) is 0 Å². The van der Waals surface area contributed by atoms with E-state index in [1.165, 1.54) is 0 Å². The zero-order valence-electron chi connectivity index (χ0n) is 15.8. The van der Waals surface area contributed by atoms with Gasteiger partial charge in [0.15, 0.2) is 5.69 Å². The number of hydrogen-bond acceptors (Lipinski definition) is 4. The quantitative estimate of drug-likeness (QED) is 0.703. The van der Waals surface area contributed by atoms with E-state index in [-0.39, 0.29) is 23.6 Å². The van der Waals surface area contributed by atoms with Gasteiger partial charge in [-0.15, -0.1) is 0 Å². The molecule has 0 saturated carbocycles. The van der Waals surface area contributed by atoms with Crippen LogP contribution in [-0.4, -0.2) is 60.7 Å². The van der Waals surface area contributed by atoms with E-state index in [1.54, 1.807) is 17.8 Å². The third-order valence-electron chi connectivity index (χ3n) is 4.14. The van der Waals surface area contributed by atoms with Crippen molar-refractivity contribution in [1.29, 1.82) is 0 Å². The first-order chi connectivity index (χ1) is 12.4. The number of nitrogens with zero attached hydrogens (tertiary/aromatic N) is 3. The van der Waals surface area contributed by atoms with Gasteiger partial charge in [0.2, 0.25) is 0 Å². The number of aromatic nitrogens is 2. The molecule has 1 heterocycles. The first-order valence-corrected chi connectivity index (χ1v) is 8.73. The molecule has 2 rings (SSSR count). The molecule has 0 spiro atoms. The van der Waals surface area contributed by atoms with Crippen LogP contribution < -0.4 is 10.6 Å². The molecule has 0 unspecified atom stereocenters. The molecule has 140 valence electrons. The number of carbonyl (C=O) groups is 2. The Bertz CT molecular complexity index is 740. The highest BCUT2D eigenvalue weighted by Crippen LogP contribution is 2.20. The highest BCUT2D eigenvalue weighted by molar-refractivity contribution is 5.97. The average Bonchev–Trinajstić information content (AvgIpc) is 3.09. The zero-order valence-corrected chi connectivity index (χ0v) is 15.8. The Balaban J connectivity index is 2.24. The summed E-state index contributed by atoms with van der Waals surface area (Å²) >= 11 is 0. The molecule has 0 fully saturated rings. The van der Waals surface area contributed by atoms with Crippen LogP contribution in [0.15, 0.2) is 36.4 Å². The lowest BCUT2D eigenvalue weighted by Gasteiger charge is -2.16. The lowest BCUT2D eigenvalue weighted by Crippen LogP contribution is -2.29. The topological polar surface area (TPSA) is 79.3 Å². The Morgan fingerprint density at radius 2 is 1.88 bits per heavy atom. The minimum atomic E-state index is -0.314. The molecule has 7 heteroatoms. The second kappa shape index (κ2) is 9.15. The minimum absolute atomic E-state index is 0.169. The van der Waals surface area contributed by atoms with Crippen molar-refractivity contribution >= 4 is 11.8 Å². The predicted octanol–water partition coefficient (Wildman–Crippen LogP) is 1.53. The summed E-state index contributed by atoms with van der Waals surface area (Å²) < 4.78 is 1.61. The number of rotatable bonds is 8. The third kappa shape index (κ3) is 4.92. The van der Waals surface area contributed by atoms with Gasteiger partial charge in [-0.05, 0) is 39.5 Å². The molecule has 0 aliphatic carbocycles. The molecule has 0 aliphatic heterocycles. The molecule has 0 saturated heterocycles. The molecule has 0 aliphatic rings. The van der Waals surface area contributed by atoms with Crippen molar-refractivity contribution in [2.24, 2.45) is 0 Å². The Hall–Kier alpha value is -2.67. The van der Waals surface area contributed by atoms with E-state index >= 15 is 0 Å².